The zero-order valence-corrected chi connectivity index (χ0v) is 19.4. The Labute approximate surface area is 198 Å². The summed E-state index contributed by atoms with van der Waals surface area (Å²) in [5.74, 6) is -0.625. The van der Waals surface area contributed by atoms with Crippen molar-refractivity contribution in [3.8, 4) is 0 Å². The van der Waals surface area contributed by atoms with Crippen molar-refractivity contribution >= 4 is 39.4 Å². The fraction of sp³-hybridized carbons (Fsp3) is 0.167. The van der Waals surface area contributed by atoms with Gasteiger partial charge in [0.25, 0.3) is 11.8 Å². The van der Waals surface area contributed by atoms with Crippen molar-refractivity contribution in [1.29, 1.82) is 0 Å². The van der Waals surface area contributed by atoms with Gasteiger partial charge >= 0.3 is 5.91 Å². The van der Waals surface area contributed by atoms with Crippen LogP contribution in [0.3, 0.4) is 0 Å². The van der Waals surface area contributed by atoms with Crippen LogP contribution in [0.2, 0.25) is 0 Å². The number of furan rings is 1. The molecule has 0 unspecified atom stereocenters. The van der Waals surface area contributed by atoms with Gasteiger partial charge in [-0.3, -0.25) is 25.2 Å². The van der Waals surface area contributed by atoms with Gasteiger partial charge in [-0.1, -0.05) is 30.3 Å². The number of benzene rings is 2. The number of halogens is 1. The maximum atomic E-state index is 12.7. The second kappa shape index (κ2) is 9.83. The summed E-state index contributed by atoms with van der Waals surface area (Å²) in [6, 6.07) is 15.7. The van der Waals surface area contributed by atoms with E-state index in [4.69, 9.17) is 4.42 Å². The molecule has 9 heteroatoms. The number of hydrogen-bond donors (Lipinski definition) is 3. The van der Waals surface area contributed by atoms with Crippen LogP contribution in [0.1, 0.15) is 61.0 Å². The van der Waals surface area contributed by atoms with Crippen molar-refractivity contribution < 1.29 is 18.8 Å². The van der Waals surface area contributed by atoms with E-state index in [1.54, 1.807) is 55.5 Å². The molecule has 0 bridgehead atoms. The van der Waals surface area contributed by atoms with Crippen LogP contribution in [0, 0.1) is 6.92 Å². The van der Waals surface area contributed by atoms with Gasteiger partial charge in [-0.25, -0.2) is 5.43 Å². The van der Waals surface area contributed by atoms with E-state index in [1.807, 2.05) is 6.07 Å². The molecule has 3 aromatic rings. The highest BCUT2D eigenvalue weighted by Gasteiger charge is 2.28. The maximum absolute atomic E-state index is 12.7. The van der Waals surface area contributed by atoms with Crippen molar-refractivity contribution in [3.63, 3.8) is 0 Å². The fourth-order valence-electron chi connectivity index (χ4n) is 3.65. The summed E-state index contributed by atoms with van der Waals surface area (Å²) < 4.78 is 6.43. The average molecular weight is 509 g/mol. The molecule has 0 atom stereocenters. The molecule has 1 heterocycles. The number of carbonyl (C=O) groups excluding carboxylic acids is 3. The van der Waals surface area contributed by atoms with Crippen molar-refractivity contribution in [3.05, 3.63) is 92.8 Å². The predicted octanol–water partition coefficient (Wildman–Crippen LogP) is 3.90. The van der Waals surface area contributed by atoms with Crippen LogP contribution in [0.15, 0.2) is 68.6 Å². The molecule has 0 aliphatic heterocycles. The third-order valence-electron chi connectivity index (χ3n) is 5.27. The molecule has 0 radical (unpaired) electrons. The number of hydrazone groups is 1. The molecule has 3 amide bonds. The lowest BCUT2D eigenvalue weighted by molar-refractivity contribution is 0.0829. The first-order valence-corrected chi connectivity index (χ1v) is 11.1. The van der Waals surface area contributed by atoms with Crippen LogP contribution in [0.4, 0.5) is 0 Å². The van der Waals surface area contributed by atoms with Gasteiger partial charge in [0.05, 0.1) is 11.3 Å². The number of nitrogens with zero attached hydrogens (tertiary/aromatic N) is 1. The first-order chi connectivity index (χ1) is 16.0. The molecule has 0 spiro atoms. The number of fused-ring (bicyclic) bond motifs is 1. The maximum Gasteiger partial charge on any atom is 0.305 e. The predicted molar refractivity (Wildman–Crippen MR) is 126 cm³/mol. The van der Waals surface area contributed by atoms with Gasteiger partial charge in [-0.15, -0.1) is 0 Å². The minimum absolute atomic E-state index is 0.0939. The molecule has 3 N–H and O–H groups in total. The quantitative estimate of drug-likeness (QED) is 0.463. The summed E-state index contributed by atoms with van der Waals surface area (Å²) in [5, 5.41) is 4.31. The van der Waals surface area contributed by atoms with Crippen molar-refractivity contribution in [1.82, 2.24) is 16.3 Å². The summed E-state index contributed by atoms with van der Waals surface area (Å²) in [5.41, 5.74) is 10.2. The first-order valence-electron chi connectivity index (χ1n) is 10.4. The molecule has 2 aromatic carbocycles. The summed E-state index contributed by atoms with van der Waals surface area (Å²) in [4.78, 5) is 37.4. The highest BCUT2D eigenvalue weighted by molar-refractivity contribution is 9.10. The smallest absolute Gasteiger partial charge is 0.305 e. The molecular weight excluding hydrogens is 488 g/mol. The van der Waals surface area contributed by atoms with Crippen LogP contribution < -0.4 is 16.3 Å². The molecule has 8 nitrogen and oxygen atoms in total. The topological polar surface area (TPSA) is 113 Å². The number of hydrogen-bond acceptors (Lipinski definition) is 5. The van der Waals surface area contributed by atoms with E-state index in [0.717, 1.165) is 12.0 Å². The molecule has 168 valence electrons. The third-order valence-corrected chi connectivity index (χ3v) is 5.96. The van der Waals surface area contributed by atoms with Crippen LogP contribution >= 0.6 is 15.9 Å². The lowest BCUT2D eigenvalue weighted by atomic mass is 9.93. The van der Waals surface area contributed by atoms with E-state index in [2.05, 4.69) is 37.3 Å². The summed E-state index contributed by atoms with van der Waals surface area (Å²) in [6.07, 6.45) is 2.07. The highest BCUT2D eigenvalue weighted by Crippen LogP contribution is 2.29. The number of hydrazine groups is 1. The van der Waals surface area contributed by atoms with Crippen LogP contribution in [-0.2, 0) is 6.42 Å². The van der Waals surface area contributed by atoms with Gasteiger partial charge in [0.15, 0.2) is 5.76 Å². The normalized spacial score (nSPS) is 13.8. The second-order valence-electron chi connectivity index (χ2n) is 7.46. The Morgan fingerprint density at radius 3 is 2.36 bits per heavy atom. The number of aryl methyl sites for hydroxylation is 1. The highest BCUT2D eigenvalue weighted by atomic mass is 79.9. The Morgan fingerprint density at radius 1 is 0.909 bits per heavy atom. The molecule has 33 heavy (non-hydrogen) atoms. The van der Waals surface area contributed by atoms with Gasteiger partial charge in [0.2, 0.25) is 0 Å². The molecule has 0 fully saturated rings. The van der Waals surface area contributed by atoms with E-state index in [1.165, 1.54) is 0 Å². The Bertz CT molecular complexity index is 1250. The summed E-state index contributed by atoms with van der Waals surface area (Å²) in [7, 11) is 0. The molecule has 1 aliphatic carbocycles. The van der Waals surface area contributed by atoms with Gasteiger partial charge in [-0.2, -0.15) is 5.10 Å². The second-order valence-corrected chi connectivity index (χ2v) is 8.32. The summed E-state index contributed by atoms with van der Waals surface area (Å²) in [6.45, 7) is 1.76. The van der Waals surface area contributed by atoms with Crippen LogP contribution in [0.5, 0.6) is 0 Å². The van der Waals surface area contributed by atoms with E-state index < -0.39 is 11.8 Å². The van der Waals surface area contributed by atoms with Gasteiger partial charge in [0.1, 0.15) is 5.76 Å². The van der Waals surface area contributed by atoms with Crippen molar-refractivity contribution in [2.75, 3.05) is 0 Å². The van der Waals surface area contributed by atoms with Crippen molar-refractivity contribution in [2.24, 2.45) is 5.10 Å². The number of rotatable bonds is 4. The molecule has 1 aromatic heterocycles. The largest absolute Gasteiger partial charge is 0.455 e. The molecule has 0 saturated heterocycles. The van der Waals surface area contributed by atoms with Crippen LogP contribution in [0.25, 0.3) is 0 Å². The Kier molecular flexibility index (Phi) is 6.69. The molecular formula is C24H21BrN4O4. The lowest BCUT2D eigenvalue weighted by Gasteiger charge is -2.13. The fourth-order valence-corrected chi connectivity index (χ4v) is 4.12. The standard InChI is InChI=1S/C24H21BrN4O4/c1-14-20-18(26-27-22(30)15-8-3-2-4-9-15)12-7-13-19(20)33-21(14)24(32)29-28-23(31)16-10-5-6-11-17(16)25/h2-6,8-11H,7,12-13H2,1H3,(H,27,30)(H,28,31)(H,29,32)/b26-18+. The van der Waals surface area contributed by atoms with E-state index in [-0.39, 0.29) is 11.7 Å². The Balaban J connectivity index is 1.49. The number of nitrogens with one attached hydrogen (secondary N) is 3. The van der Waals surface area contributed by atoms with E-state index >= 15 is 0 Å². The van der Waals surface area contributed by atoms with Crippen molar-refractivity contribution in [2.45, 2.75) is 26.2 Å². The summed E-state index contributed by atoms with van der Waals surface area (Å²) >= 11 is 3.31. The van der Waals surface area contributed by atoms with E-state index in [0.29, 0.717) is 45.5 Å². The lowest BCUT2D eigenvalue weighted by Crippen LogP contribution is -2.41. The van der Waals surface area contributed by atoms with Gasteiger partial charge in [0, 0.05) is 27.6 Å². The average Bonchev–Trinajstić information content (AvgIpc) is 3.18. The van der Waals surface area contributed by atoms with Crippen LogP contribution in [-0.4, -0.2) is 23.4 Å². The Morgan fingerprint density at radius 2 is 1.61 bits per heavy atom. The SMILES string of the molecule is Cc1c(C(=O)NNC(=O)c2ccccc2Br)oc2c1/C(=N/NC(=O)c1ccccc1)CCC2. The Hall–Kier alpha value is -3.72. The molecule has 0 saturated carbocycles. The minimum atomic E-state index is -0.574. The third kappa shape index (κ3) is 4.88. The molecule has 1 aliphatic rings. The first kappa shape index (κ1) is 22.5. The monoisotopic (exact) mass is 508 g/mol. The molecule has 4 rings (SSSR count). The minimum Gasteiger partial charge on any atom is -0.455 e. The van der Waals surface area contributed by atoms with E-state index in [9.17, 15) is 14.4 Å². The van der Waals surface area contributed by atoms with Gasteiger partial charge < -0.3 is 4.42 Å². The number of carbonyl (C=O) groups is 3. The number of amides is 3. The zero-order chi connectivity index (χ0) is 23.4. The van der Waals surface area contributed by atoms with Gasteiger partial charge in [-0.05, 0) is 60.0 Å². The zero-order valence-electron chi connectivity index (χ0n) is 17.8.